The van der Waals surface area contributed by atoms with Crippen molar-refractivity contribution in [3.05, 3.63) is 23.8 Å². The molecule has 158 valence electrons. The molecule has 2 aliphatic rings. The summed E-state index contributed by atoms with van der Waals surface area (Å²) in [5, 5.41) is 10.4. The van der Waals surface area contributed by atoms with Gasteiger partial charge in [0.1, 0.15) is 12.7 Å². The van der Waals surface area contributed by atoms with Gasteiger partial charge in [-0.25, -0.2) is 0 Å². The maximum atomic E-state index is 10.4. The van der Waals surface area contributed by atoms with Crippen molar-refractivity contribution in [2.75, 3.05) is 86.7 Å². The largest absolute Gasteiger partial charge is 0.493 e. The van der Waals surface area contributed by atoms with Gasteiger partial charge in [0.05, 0.1) is 7.11 Å². The number of ether oxygens (including phenoxy) is 2. The number of rotatable bonds is 8. The van der Waals surface area contributed by atoms with E-state index in [2.05, 4.69) is 45.8 Å². The van der Waals surface area contributed by atoms with E-state index in [1.165, 1.54) is 5.56 Å². The lowest BCUT2D eigenvalue weighted by molar-refractivity contribution is 0.0497. The highest BCUT2D eigenvalue weighted by molar-refractivity contribution is 5.43. The van der Waals surface area contributed by atoms with Crippen LogP contribution in [0.15, 0.2) is 18.2 Å². The predicted molar refractivity (Wildman–Crippen MR) is 111 cm³/mol. The van der Waals surface area contributed by atoms with Crippen molar-refractivity contribution in [2.45, 2.75) is 12.6 Å². The molecule has 7 heteroatoms. The first kappa shape index (κ1) is 21.3. The van der Waals surface area contributed by atoms with Crippen LogP contribution in [0.3, 0.4) is 0 Å². The van der Waals surface area contributed by atoms with E-state index in [9.17, 15) is 5.11 Å². The van der Waals surface area contributed by atoms with Crippen molar-refractivity contribution in [1.82, 2.24) is 19.6 Å². The van der Waals surface area contributed by atoms with E-state index in [0.29, 0.717) is 18.0 Å². The van der Waals surface area contributed by atoms with Crippen LogP contribution < -0.4 is 9.47 Å². The Bertz CT molecular complexity index is 599. The number of nitrogens with zero attached hydrogens (tertiary/aromatic N) is 4. The Morgan fingerprint density at radius 1 is 0.893 bits per heavy atom. The molecule has 0 aliphatic carbocycles. The van der Waals surface area contributed by atoms with Crippen LogP contribution in [0.5, 0.6) is 11.5 Å². The van der Waals surface area contributed by atoms with E-state index in [4.69, 9.17) is 9.47 Å². The molecule has 0 radical (unpaired) electrons. The summed E-state index contributed by atoms with van der Waals surface area (Å²) in [5.41, 5.74) is 1.22. The first-order valence-corrected chi connectivity index (χ1v) is 10.3. The molecule has 2 saturated heterocycles. The van der Waals surface area contributed by atoms with Gasteiger partial charge in [0.15, 0.2) is 11.5 Å². The summed E-state index contributed by atoms with van der Waals surface area (Å²) in [4.78, 5) is 9.44. The second-order valence-electron chi connectivity index (χ2n) is 8.13. The summed E-state index contributed by atoms with van der Waals surface area (Å²) in [6.07, 6.45) is -0.505. The molecule has 0 unspecified atom stereocenters. The minimum absolute atomic E-state index is 0.278. The molecule has 7 nitrogen and oxygen atoms in total. The second-order valence-corrected chi connectivity index (χ2v) is 8.13. The van der Waals surface area contributed by atoms with E-state index < -0.39 is 6.10 Å². The highest BCUT2D eigenvalue weighted by atomic mass is 16.5. The Hall–Kier alpha value is -1.38. The summed E-state index contributed by atoms with van der Waals surface area (Å²) in [5.74, 6) is 1.43. The number of piperazine rings is 2. The van der Waals surface area contributed by atoms with Gasteiger partial charge in [-0.3, -0.25) is 9.80 Å². The molecule has 0 spiro atoms. The summed E-state index contributed by atoms with van der Waals surface area (Å²) < 4.78 is 11.4. The molecule has 1 N–H and O–H groups in total. The molecular formula is C21H36N4O3. The number of benzene rings is 1. The highest BCUT2D eigenvalue weighted by Gasteiger charge is 2.19. The fourth-order valence-corrected chi connectivity index (χ4v) is 3.76. The Morgan fingerprint density at radius 3 is 2.11 bits per heavy atom. The third kappa shape index (κ3) is 6.32. The summed E-state index contributed by atoms with van der Waals surface area (Å²) in [7, 11) is 5.96. The number of hydrogen-bond donors (Lipinski definition) is 1. The normalized spacial score (nSPS) is 21.6. The molecule has 0 amide bonds. The van der Waals surface area contributed by atoms with Gasteiger partial charge in [-0.05, 0) is 31.8 Å². The molecule has 2 aliphatic heterocycles. The minimum Gasteiger partial charge on any atom is -0.493 e. The van der Waals surface area contributed by atoms with Crippen molar-refractivity contribution in [2.24, 2.45) is 0 Å². The Balaban J connectivity index is 1.51. The Morgan fingerprint density at radius 2 is 1.50 bits per heavy atom. The number of methoxy groups -OCH3 is 1. The maximum Gasteiger partial charge on any atom is 0.161 e. The zero-order chi connectivity index (χ0) is 19.9. The van der Waals surface area contributed by atoms with Crippen molar-refractivity contribution < 1.29 is 14.6 Å². The molecule has 0 saturated carbocycles. The smallest absolute Gasteiger partial charge is 0.161 e. The van der Waals surface area contributed by atoms with E-state index >= 15 is 0 Å². The van der Waals surface area contributed by atoms with Gasteiger partial charge in [0.25, 0.3) is 0 Å². The number of hydrogen-bond acceptors (Lipinski definition) is 7. The highest BCUT2D eigenvalue weighted by Crippen LogP contribution is 2.29. The van der Waals surface area contributed by atoms with Crippen LogP contribution in [0, 0.1) is 0 Å². The molecule has 0 bridgehead atoms. The minimum atomic E-state index is -0.505. The lowest BCUT2D eigenvalue weighted by atomic mass is 10.1. The number of likely N-dealkylation sites (N-methyl/N-ethyl adjacent to an activating group) is 2. The first-order valence-electron chi connectivity index (χ1n) is 10.3. The van der Waals surface area contributed by atoms with Crippen LogP contribution >= 0.6 is 0 Å². The molecule has 1 aromatic rings. The Kier molecular flexibility index (Phi) is 7.93. The molecular weight excluding hydrogens is 356 g/mol. The number of aliphatic hydroxyl groups excluding tert-OH is 1. The first-order chi connectivity index (χ1) is 13.5. The average Bonchev–Trinajstić information content (AvgIpc) is 2.70. The fourth-order valence-electron chi connectivity index (χ4n) is 3.76. The van der Waals surface area contributed by atoms with Gasteiger partial charge in [0, 0.05) is 65.4 Å². The number of aliphatic hydroxyl groups is 1. The molecule has 2 heterocycles. The van der Waals surface area contributed by atoms with E-state index in [-0.39, 0.29) is 6.61 Å². The van der Waals surface area contributed by atoms with E-state index in [1.54, 1.807) is 7.11 Å². The monoisotopic (exact) mass is 392 g/mol. The average molecular weight is 393 g/mol. The molecule has 3 rings (SSSR count). The topological polar surface area (TPSA) is 51.7 Å². The fraction of sp³-hybridized carbons (Fsp3) is 0.714. The molecule has 1 aromatic carbocycles. The summed E-state index contributed by atoms with van der Waals surface area (Å²) in [6, 6.07) is 6.12. The van der Waals surface area contributed by atoms with Crippen LogP contribution in [0.1, 0.15) is 5.56 Å². The van der Waals surface area contributed by atoms with E-state index in [0.717, 1.165) is 58.9 Å². The Labute approximate surface area is 169 Å². The van der Waals surface area contributed by atoms with Gasteiger partial charge in [-0.2, -0.15) is 0 Å². The second kappa shape index (κ2) is 10.4. The van der Waals surface area contributed by atoms with Crippen LogP contribution in [-0.4, -0.2) is 118 Å². The van der Waals surface area contributed by atoms with E-state index in [1.807, 2.05) is 6.07 Å². The molecule has 1 atom stereocenters. The third-order valence-electron chi connectivity index (χ3n) is 5.73. The lowest BCUT2D eigenvalue weighted by Crippen LogP contribution is -2.47. The lowest BCUT2D eigenvalue weighted by Gasteiger charge is -2.33. The molecule has 2 fully saturated rings. The predicted octanol–water partition coefficient (Wildman–Crippen LogP) is 0.430. The molecule has 28 heavy (non-hydrogen) atoms. The molecule has 0 aromatic heterocycles. The SMILES string of the molecule is COc1ccc(CN2CCN(C)CC2)cc1OC[C@@H](O)CN1CCN(C)CC1. The van der Waals surface area contributed by atoms with Crippen molar-refractivity contribution in [1.29, 1.82) is 0 Å². The van der Waals surface area contributed by atoms with Gasteiger partial charge >= 0.3 is 0 Å². The number of β-amino-alcohol motifs (C(OH)–C–C–N with tert-alkyl or cyclic N) is 1. The maximum absolute atomic E-state index is 10.4. The zero-order valence-corrected chi connectivity index (χ0v) is 17.6. The van der Waals surface area contributed by atoms with Gasteiger partial charge in [0.2, 0.25) is 0 Å². The quantitative estimate of drug-likeness (QED) is 0.689. The third-order valence-corrected chi connectivity index (χ3v) is 5.73. The van der Waals surface area contributed by atoms with Gasteiger partial charge < -0.3 is 24.4 Å². The standard InChI is InChI=1S/C21H36N4O3/c1-22-6-10-24(11-7-22)15-18-4-5-20(27-3)21(14-18)28-17-19(26)16-25-12-8-23(2)9-13-25/h4-5,14,19,26H,6-13,15-17H2,1-3H3/t19-/m0/s1. The summed E-state index contributed by atoms with van der Waals surface area (Å²) in [6.45, 7) is 10.3. The van der Waals surface area contributed by atoms with Crippen LogP contribution in [0.4, 0.5) is 0 Å². The zero-order valence-electron chi connectivity index (χ0n) is 17.6. The van der Waals surface area contributed by atoms with Crippen LogP contribution in [0.25, 0.3) is 0 Å². The van der Waals surface area contributed by atoms with Crippen molar-refractivity contribution in [3.63, 3.8) is 0 Å². The summed E-state index contributed by atoms with van der Waals surface area (Å²) >= 11 is 0. The van der Waals surface area contributed by atoms with Crippen molar-refractivity contribution in [3.8, 4) is 11.5 Å². The van der Waals surface area contributed by atoms with Crippen LogP contribution in [0.2, 0.25) is 0 Å². The van der Waals surface area contributed by atoms with Crippen LogP contribution in [-0.2, 0) is 6.54 Å². The van der Waals surface area contributed by atoms with Gasteiger partial charge in [-0.15, -0.1) is 0 Å². The van der Waals surface area contributed by atoms with Crippen molar-refractivity contribution >= 4 is 0 Å². The van der Waals surface area contributed by atoms with Gasteiger partial charge in [-0.1, -0.05) is 6.07 Å².